The molecule has 0 saturated carbocycles. The number of guanidine groups is 1. The Balaban J connectivity index is 1.44. The molecular formula is C18H24N4O3. The summed E-state index contributed by atoms with van der Waals surface area (Å²) in [6, 6.07) is 7.98. The number of rotatable bonds is 6. The molecule has 0 atom stereocenters. The normalized spacial score (nSPS) is 13.4. The Morgan fingerprint density at radius 2 is 2.04 bits per heavy atom. The third-order valence-electron chi connectivity index (χ3n) is 3.97. The fraction of sp³-hybridized carbons (Fsp3) is 0.444. The van der Waals surface area contributed by atoms with E-state index in [1.165, 1.54) is 5.56 Å². The van der Waals surface area contributed by atoms with Crippen LogP contribution >= 0.6 is 0 Å². The Labute approximate surface area is 147 Å². The lowest BCUT2D eigenvalue weighted by Crippen LogP contribution is -2.37. The maximum Gasteiger partial charge on any atom is 0.231 e. The van der Waals surface area contributed by atoms with Crippen molar-refractivity contribution in [2.75, 3.05) is 20.4 Å². The van der Waals surface area contributed by atoms with Crippen LogP contribution in [0.15, 0.2) is 33.8 Å². The van der Waals surface area contributed by atoms with Crippen LogP contribution in [0, 0.1) is 0 Å². The van der Waals surface area contributed by atoms with Crippen molar-refractivity contribution in [3.8, 4) is 11.5 Å². The van der Waals surface area contributed by atoms with Crippen molar-refractivity contribution < 1.29 is 14.0 Å². The highest BCUT2D eigenvalue weighted by atomic mass is 16.7. The minimum absolute atomic E-state index is 0.299. The molecule has 2 aromatic rings. The molecule has 0 spiro atoms. The molecule has 7 nitrogen and oxygen atoms in total. The highest BCUT2D eigenvalue weighted by Crippen LogP contribution is 2.32. The van der Waals surface area contributed by atoms with Gasteiger partial charge < -0.3 is 24.6 Å². The molecule has 0 saturated heterocycles. The van der Waals surface area contributed by atoms with E-state index in [9.17, 15) is 0 Å². The van der Waals surface area contributed by atoms with Gasteiger partial charge in [0, 0.05) is 19.7 Å². The molecular weight excluding hydrogens is 320 g/mol. The molecule has 1 aliphatic rings. The smallest absolute Gasteiger partial charge is 0.231 e. The van der Waals surface area contributed by atoms with Gasteiger partial charge in [-0.2, -0.15) is 0 Å². The third kappa shape index (κ3) is 4.43. The second-order valence-corrected chi connectivity index (χ2v) is 6.16. The topological polar surface area (TPSA) is 80.9 Å². The molecule has 2 heterocycles. The molecule has 134 valence electrons. The highest BCUT2D eigenvalue weighted by Gasteiger charge is 2.13. The molecule has 0 unspecified atom stereocenters. The van der Waals surface area contributed by atoms with Crippen molar-refractivity contribution >= 4 is 5.96 Å². The lowest BCUT2D eigenvalue weighted by molar-refractivity contribution is 0.174. The van der Waals surface area contributed by atoms with Gasteiger partial charge in [0.2, 0.25) is 6.79 Å². The first-order valence-corrected chi connectivity index (χ1v) is 8.44. The number of hydrogen-bond donors (Lipinski definition) is 2. The van der Waals surface area contributed by atoms with Crippen molar-refractivity contribution in [3.63, 3.8) is 0 Å². The predicted octanol–water partition coefficient (Wildman–Crippen LogP) is 2.43. The first kappa shape index (κ1) is 17.1. The number of hydrogen-bond acceptors (Lipinski definition) is 5. The lowest BCUT2D eigenvalue weighted by Gasteiger charge is -2.11. The van der Waals surface area contributed by atoms with Crippen molar-refractivity contribution in [3.05, 3.63) is 41.3 Å². The van der Waals surface area contributed by atoms with Gasteiger partial charge in [0.25, 0.3) is 0 Å². The Bertz CT molecular complexity index is 740. The molecule has 25 heavy (non-hydrogen) atoms. The van der Waals surface area contributed by atoms with Crippen LogP contribution in [0.1, 0.15) is 36.8 Å². The summed E-state index contributed by atoms with van der Waals surface area (Å²) in [6.45, 7) is 5.78. The number of nitrogens with zero attached hydrogens (tertiary/aromatic N) is 2. The van der Waals surface area contributed by atoms with Crippen LogP contribution in [0.2, 0.25) is 0 Å². The molecule has 1 aromatic carbocycles. The minimum atomic E-state index is 0.299. The van der Waals surface area contributed by atoms with Gasteiger partial charge in [0.05, 0.1) is 12.2 Å². The first-order chi connectivity index (χ1) is 12.2. The molecule has 0 fully saturated rings. The molecule has 2 N–H and O–H groups in total. The Morgan fingerprint density at radius 1 is 1.20 bits per heavy atom. The van der Waals surface area contributed by atoms with Gasteiger partial charge in [0.1, 0.15) is 0 Å². The van der Waals surface area contributed by atoms with Crippen LogP contribution in [-0.4, -0.2) is 31.5 Å². The molecule has 0 amide bonds. The number of benzene rings is 1. The number of fused-ring (bicyclic) bond motifs is 1. The summed E-state index contributed by atoms with van der Waals surface area (Å²) in [5.41, 5.74) is 2.14. The van der Waals surface area contributed by atoms with Crippen molar-refractivity contribution in [1.29, 1.82) is 0 Å². The van der Waals surface area contributed by atoms with Crippen LogP contribution in [0.3, 0.4) is 0 Å². The maximum absolute atomic E-state index is 5.40. The zero-order valence-corrected chi connectivity index (χ0v) is 14.8. The molecule has 1 aromatic heterocycles. The zero-order valence-electron chi connectivity index (χ0n) is 14.8. The van der Waals surface area contributed by atoms with Gasteiger partial charge in [0.15, 0.2) is 23.2 Å². The SMILES string of the molecule is CN=C(NCCc1ccc2c(c1)OCO2)NCc1cc(C(C)C)no1. The molecule has 0 aliphatic carbocycles. The van der Waals surface area contributed by atoms with Crippen LogP contribution < -0.4 is 20.1 Å². The summed E-state index contributed by atoms with van der Waals surface area (Å²) >= 11 is 0. The first-order valence-electron chi connectivity index (χ1n) is 8.44. The fourth-order valence-corrected chi connectivity index (χ4v) is 2.50. The van der Waals surface area contributed by atoms with E-state index in [2.05, 4.69) is 34.6 Å². The van der Waals surface area contributed by atoms with Gasteiger partial charge in [-0.3, -0.25) is 4.99 Å². The summed E-state index contributed by atoms with van der Waals surface area (Å²) in [4.78, 5) is 4.22. The van der Waals surface area contributed by atoms with Crippen molar-refractivity contribution in [1.82, 2.24) is 15.8 Å². The van der Waals surface area contributed by atoms with E-state index in [0.29, 0.717) is 19.3 Å². The number of nitrogens with one attached hydrogen (secondary N) is 2. The van der Waals surface area contributed by atoms with Crippen LogP contribution in [-0.2, 0) is 13.0 Å². The largest absolute Gasteiger partial charge is 0.454 e. The van der Waals surface area contributed by atoms with Gasteiger partial charge >= 0.3 is 0 Å². The summed E-state index contributed by atoms with van der Waals surface area (Å²) in [5, 5.41) is 10.6. The Morgan fingerprint density at radius 3 is 2.80 bits per heavy atom. The van der Waals surface area contributed by atoms with Crippen LogP contribution in [0.5, 0.6) is 11.5 Å². The van der Waals surface area contributed by atoms with E-state index in [4.69, 9.17) is 14.0 Å². The van der Waals surface area contributed by atoms with Crippen molar-refractivity contribution in [2.24, 2.45) is 4.99 Å². The lowest BCUT2D eigenvalue weighted by atomic mass is 10.1. The van der Waals surface area contributed by atoms with Crippen molar-refractivity contribution in [2.45, 2.75) is 32.7 Å². The molecule has 1 aliphatic heterocycles. The maximum atomic E-state index is 5.40. The summed E-state index contributed by atoms with van der Waals surface area (Å²) in [5.74, 6) is 3.50. The van der Waals surface area contributed by atoms with Gasteiger partial charge in [-0.15, -0.1) is 0 Å². The predicted molar refractivity (Wildman–Crippen MR) is 95.1 cm³/mol. The number of ether oxygens (including phenoxy) is 2. The summed E-state index contributed by atoms with van der Waals surface area (Å²) < 4.78 is 16.0. The van der Waals surface area contributed by atoms with Gasteiger partial charge in [-0.05, 0) is 30.0 Å². The zero-order chi connectivity index (χ0) is 17.6. The molecule has 0 bridgehead atoms. The van der Waals surface area contributed by atoms with Crippen LogP contribution in [0.25, 0.3) is 0 Å². The Kier molecular flexibility index (Phi) is 5.42. The van der Waals surface area contributed by atoms with Crippen LogP contribution in [0.4, 0.5) is 0 Å². The minimum Gasteiger partial charge on any atom is -0.454 e. The molecule has 0 radical (unpaired) electrons. The highest BCUT2D eigenvalue weighted by molar-refractivity contribution is 5.79. The third-order valence-corrected chi connectivity index (χ3v) is 3.97. The second kappa shape index (κ2) is 7.92. The van der Waals surface area contributed by atoms with E-state index in [1.54, 1.807) is 7.05 Å². The monoisotopic (exact) mass is 344 g/mol. The second-order valence-electron chi connectivity index (χ2n) is 6.16. The van der Waals surface area contributed by atoms with E-state index in [-0.39, 0.29) is 0 Å². The van der Waals surface area contributed by atoms with E-state index in [0.717, 1.165) is 41.9 Å². The Hall–Kier alpha value is -2.70. The molecule has 3 rings (SSSR count). The summed E-state index contributed by atoms with van der Waals surface area (Å²) in [6.07, 6.45) is 0.858. The summed E-state index contributed by atoms with van der Waals surface area (Å²) in [7, 11) is 1.75. The number of aliphatic imine (C=N–C) groups is 1. The van der Waals surface area contributed by atoms with E-state index >= 15 is 0 Å². The number of aromatic nitrogens is 1. The average Bonchev–Trinajstić information content (AvgIpc) is 3.26. The van der Waals surface area contributed by atoms with E-state index in [1.807, 2.05) is 24.3 Å². The van der Waals surface area contributed by atoms with Gasteiger partial charge in [-0.25, -0.2) is 0 Å². The van der Waals surface area contributed by atoms with E-state index < -0.39 is 0 Å². The van der Waals surface area contributed by atoms with Gasteiger partial charge in [-0.1, -0.05) is 25.1 Å². The fourth-order valence-electron chi connectivity index (χ4n) is 2.50. The quantitative estimate of drug-likeness (QED) is 0.619. The molecule has 7 heteroatoms. The standard InChI is InChI=1S/C18H24N4O3/c1-12(2)15-9-14(25-22-15)10-21-18(19-3)20-7-6-13-4-5-16-17(8-13)24-11-23-16/h4-5,8-9,12H,6-7,10-11H2,1-3H3,(H2,19,20,21). The average molecular weight is 344 g/mol.